The van der Waals surface area contributed by atoms with Gasteiger partial charge in [-0.2, -0.15) is 0 Å². The molecule has 5 nitrogen and oxygen atoms in total. The number of carbonyl (C=O) groups is 1. The number of pyridine rings is 1. The van der Waals surface area contributed by atoms with Crippen molar-refractivity contribution < 1.29 is 9.53 Å². The number of aromatic nitrogens is 1. The van der Waals surface area contributed by atoms with Crippen LogP contribution in [0.3, 0.4) is 0 Å². The number of nitrogens with one attached hydrogen (secondary N) is 1. The van der Waals surface area contributed by atoms with Crippen LogP contribution in [0.2, 0.25) is 0 Å². The number of nitrogens with two attached hydrogens (primary N) is 1. The first-order valence-electron chi connectivity index (χ1n) is 6.59. The second-order valence-electron chi connectivity index (χ2n) is 4.49. The molecule has 0 aliphatic rings. The van der Waals surface area contributed by atoms with Crippen molar-refractivity contribution in [2.75, 3.05) is 20.2 Å². The molecule has 0 aliphatic carbocycles. The van der Waals surface area contributed by atoms with Crippen LogP contribution in [-0.2, 0) is 16.0 Å². The van der Waals surface area contributed by atoms with Gasteiger partial charge in [0.25, 0.3) is 0 Å². The van der Waals surface area contributed by atoms with Crippen molar-refractivity contribution in [3.05, 3.63) is 42.1 Å². The number of methoxy groups -OCH3 is 1. The first-order valence-corrected chi connectivity index (χ1v) is 6.59. The van der Waals surface area contributed by atoms with E-state index in [9.17, 15) is 4.79 Å². The van der Waals surface area contributed by atoms with Gasteiger partial charge in [-0.25, -0.2) is 0 Å². The first kappa shape index (κ1) is 20.6. The Morgan fingerprint density at radius 2 is 2.05 bits per heavy atom. The van der Waals surface area contributed by atoms with Gasteiger partial charge in [0.15, 0.2) is 0 Å². The molecule has 0 bridgehead atoms. The summed E-state index contributed by atoms with van der Waals surface area (Å²) in [5.41, 5.74) is 7.54. The summed E-state index contributed by atoms with van der Waals surface area (Å²) in [7, 11) is 1.48. The average Bonchev–Trinajstić information content (AvgIpc) is 2.49. The quantitative estimate of drug-likeness (QED) is 0.835. The highest BCUT2D eigenvalue weighted by Crippen LogP contribution is 2.15. The molecule has 1 unspecified atom stereocenters. The van der Waals surface area contributed by atoms with Gasteiger partial charge < -0.3 is 15.8 Å². The number of fused-ring (bicyclic) bond motifs is 1. The molecule has 1 heterocycles. The maximum atomic E-state index is 11.7. The van der Waals surface area contributed by atoms with E-state index in [2.05, 4.69) is 10.3 Å². The number of amides is 1. The number of para-hydroxylation sites is 1. The van der Waals surface area contributed by atoms with E-state index >= 15 is 0 Å². The summed E-state index contributed by atoms with van der Waals surface area (Å²) in [6.45, 7) is 0.715. The second kappa shape index (κ2) is 10.3. The molecular formula is C15H21Cl2N3O2. The fourth-order valence-corrected chi connectivity index (χ4v) is 2.11. The smallest absolute Gasteiger partial charge is 0.250 e. The lowest BCUT2D eigenvalue weighted by Crippen LogP contribution is -2.41. The number of hydrogen-bond donors (Lipinski definition) is 2. The van der Waals surface area contributed by atoms with E-state index < -0.39 is 6.10 Å². The zero-order chi connectivity index (χ0) is 14.4. The van der Waals surface area contributed by atoms with Gasteiger partial charge in [0.05, 0.1) is 5.52 Å². The van der Waals surface area contributed by atoms with Crippen molar-refractivity contribution in [1.29, 1.82) is 0 Å². The number of rotatable bonds is 6. The molecule has 2 rings (SSSR count). The molecular weight excluding hydrogens is 325 g/mol. The molecule has 7 heteroatoms. The van der Waals surface area contributed by atoms with Crippen LogP contribution in [0, 0.1) is 0 Å². The Hall–Kier alpha value is -1.40. The number of nitrogens with zero attached hydrogens (tertiary/aromatic N) is 1. The predicted molar refractivity (Wildman–Crippen MR) is 92.8 cm³/mol. The fourth-order valence-electron chi connectivity index (χ4n) is 2.11. The highest BCUT2D eigenvalue weighted by Gasteiger charge is 2.14. The Morgan fingerprint density at radius 3 is 2.73 bits per heavy atom. The molecule has 1 aromatic carbocycles. The second-order valence-corrected chi connectivity index (χ2v) is 4.49. The van der Waals surface area contributed by atoms with E-state index in [1.54, 1.807) is 6.20 Å². The average molecular weight is 346 g/mol. The van der Waals surface area contributed by atoms with Crippen molar-refractivity contribution in [3.63, 3.8) is 0 Å². The summed E-state index contributed by atoms with van der Waals surface area (Å²) in [5, 5.41) is 3.93. The molecule has 2 aromatic rings. The van der Waals surface area contributed by atoms with Crippen LogP contribution in [0.25, 0.3) is 10.9 Å². The maximum absolute atomic E-state index is 11.7. The van der Waals surface area contributed by atoms with Gasteiger partial charge in [0.1, 0.15) is 6.10 Å². The van der Waals surface area contributed by atoms with Gasteiger partial charge in [-0.3, -0.25) is 9.78 Å². The Bertz CT molecular complexity index is 587. The van der Waals surface area contributed by atoms with Gasteiger partial charge in [-0.15, -0.1) is 24.8 Å². The number of carbonyl (C=O) groups excluding carboxylic acids is 1. The number of ether oxygens (including phenoxy) is 1. The van der Waals surface area contributed by atoms with Crippen LogP contribution in [0.4, 0.5) is 0 Å². The minimum atomic E-state index is -0.583. The Kier molecular flexibility index (Phi) is 9.69. The van der Waals surface area contributed by atoms with Gasteiger partial charge in [0, 0.05) is 31.8 Å². The van der Waals surface area contributed by atoms with Crippen molar-refractivity contribution in [2.24, 2.45) is 5.73 Å². The van der Waals surface area contributed by atoms with Crippen molar-refractivity contribution >= 4 is 41.6 Å². The third-order valence-corrected chi connectivity index (χ3v) is 3.20. The molecule has 3 N–H and O–H groups in total. The van der Waals surface area contributed by atoms with E-state index in [-0.39, 0.29) is 37.3 Å². The van der Waals surface area contributed by atoms with Crippen molar-refractivity contribution in [1.82, 2.24) is 10.3 Å². The molecule has 0 aliphatic heterocycles. The molecule has 22 heavy (non-hydrogen) atoms. The largest absolute Gasteiger partial charge is 0.370 e. The summed E-state index contributed by atoms with van der Waals surface area (Å²) in [4.78, 5) is 16.1. The fraction of sp³-hybridized carbons (Fsp3) is 0.333. The topological polar surface area (TPSA) is 77.2 Å². The van der Waals surface area contributed by atoms with Crippen LogP contribution in [0.5, 0.6) is 0 Å². The van der Waals surface area contributed by atoms with E-state index in [4.69, 9.17) is 10.5 Å². The molecule has 122 valence electrons. The zero-order valence-electron chi connectivity index (χ0n) is 12.3. The molecule has 0 saturated carbocycles. The predicted octanol–water partition coefficient (Wildman–Crippen LogP) is 1.71. The number of hydrogen-bond acceptors (Lipinski definition) is 4. The van der Waals surface area contributed by atoms with E-state index in [0.29, 0.717) is 6.54 Å². The lowest BCUT2D eigenvalue weighted by atomic mass is 10.1. The van der Waals surface area contributed by atoms with Crippen LogP contribution >= 0.6 is 24.8 Å². The van der Waals surface area contributed by atoms with Gasteiger partial charge in [-0.1, -0.05) is 24.3 Å². The van der Waals surface area contributed by atoms with Crippen molar-refractivity contribution in [2.45, 2.75) is 12.5 Å². The summed E-state index contributed by atoms with van der Waals surface area (Å²) < 4.78 is 4.98. The van der Waals surface area contributed by atoms with Gasteiger partial charge >= 0.3 is 0 Å². The Morgan fingerprint density at radius 1 is 1.32 bits per heavy atom. The van der Waals surface area contributed by atoms with E-state index in [0.717, 1.165) is 22.9 Å². The lowest BCUT2D eigenvalue weighted by Gasteiger charge is -2.13. The highest BCUT2D eigenvalue weighted by atomic mass is 35.5. The van der Waals surface area contributed by atoms with Crippen molar-refractivity contribution in [3.8, 4) is 0 Å². The molecule has 0 fully saturated rings. The number of halogens is 2. The molecule has 0 radical (unpaired) electrons. The Labute approximate surface area is 142 Å². The third-order valence-electron chi connectivity index (χ3n) is 3.20. The molecule has 0 spiro atoms. The maximum Gasteiger partial charge on any atom is 0.250 e. The van der Waals surface area contributed by atoms with Gasteiger partial charge in [0.2, 0.25) is 5.91 Å². The van der Waals surface area contributed by atoms with Crippen LogP contribution < -0.4 is 11.1 Å². The molecule has 1 atom stereocenters. The number of benzene rings is 1. The summed E-state index contributed by atoms with van der Waals surface area (Å²) >= 11 is 0. The molecule has 1 amide bonds. The summed E-state index contributed by atoms with van der Waals surface area (Å²) in [6.07, 6.45) is 1.92. The summed E-state index contributed by atoms with van der Waals surface area (Å²) in [5.74, 6) is -0.178. The standard InChI is InChI=1S/C15H19N3O2.2ClH/c1-20-13(10-16)15(19)18-9-7-12-5-2-4-11-6-3-8-17-14(11)12;;/h2-6,8,13H,7,9-10,16H2,1H3,(H,18,19);2*1H. The highest BCUT2D eigenvalue weighted by molar-refractivity contribution is 5.85. The summed E-state index contributed by atoms with van der Waals surface area (Å²) in [6, 6.07) is 10.00. The van der Waals surface area contributed by atoms with E-state index in [1.807, 2.05) is 30.3 Å². The monoisotopic (exact) mass is 345 g/mol. The SMILES string of the molecule is COC(CN)C(=O)NCCc1cccc2cccnc12.Cl.Cl. The van der Waals surface area contributed by atoms with Crippen LogP contribution in [-0.4, -0.2) is 37.2 Å². The Balaban J connectivity index is 0.00000220. The minimum Gasteiger partial charge on any atom is -0.370 e. The third kappa shape index (κ3) is 5.10. The van der Waals surface area contributed by atoms with Crippen LogP contribution in [0.1, 0.15) is 5.56 Å². The van der Waals surface area contributed by atoms with Crippen LogP contribution in [0.15, 0.2) is 36.5 Å². The molecule has 1 aromatic heterocycles. The normalized spacial score (nSPS) is 11.2. The first-order chi connectivity index (χ1) is 9.76. The lowest BCUT2D eigenvalue weighted by molar-refractivity contribution is -0.130. The minimum absolute atomic E-state index is 0. The zero-order valence-corrected chi connectivity index (χ0v) is 14.0. The van der Waals surface area contributed by atoms with E-state index in [1.165, 1.54) is 7.11 Å². The molecule has 0 saturated heterocycles. The van der Waals surface area contributed by atoms with Gasteiger partial charge in [-0.05, 0) is 18.1 Å².